The summed E-state index contributed by atoms with van der Waals surface area (Å²) in [6.07, 6.45) is 0.376. The topological polar surface area (TPSA) is 17.1 Å². The Balaban J connectivity index is 3.87. The first-order valence-corrected chi connectivity index (χ1v) is 1.89. The van der Waals surface area contributed by atoms with E-state index in [4.69, 9.17) is 23.5 Å². The highest BCUT2D eigenvalue weighted by atomic mass is 16.1. The van der Waals surface area contributed by atoms with Gasteiger partial charge in [0.1, 0.15) is 0 Å². The summed E-state index contributed by atoms with van der Waals surface area (Å²) in [6, 6.07) is 0. The fraction of sp³-hybridized carbons (Fsp3) is 0.250. The van der Waals surface area contributed by atoms with Crippen molar-refractivity contribution in [2.75, 3.05) is 0 Å². The minimum Gasteiger partial charge on any atom is -0.289 e. The van der Waals surface area contributed by atoms with Gasteiger partial charge in [0.25, 0.3) is 0 Å². The van der Waals surface area contributed by atoms with E-state index in [9.17, 15) is 4.79 Å². The molecular weight excluding hydrogens is 96.5 g/mol. The number of aldehydes is 1. The second kappa shape index (κ2) is 2.66. The van der Waals surface area contributed by atoms with Crippen LogP contribution in [0.4, 0.5) is 0 Å². The minimum atomic E-state index is -1.54. The van der Waals surface area contributed by atoms with Crippen molar-refractivity contribution in [1.29, 1.82) is 0 Å². The first kappa shape index (κ1) is 7.42. The van der Waals surface area contributed by atoms with Crippen LogP contribution < -0.4 is 0 Å². The molecule has 0 atom stereocenters. The van der Waals surface area contributed by atoms with Crippen LogP contribution in [-0.4, -0.2) is 29.8 Å². The van der Waals surface area contributed by atoms with Gasteiger partial charge in [0.15, 0.2) is 6.29 Å². The zero-order valence-electron chi connectivity index (χ0n) is 4.22. The highest BCUT2D eigenvalue weighted by Gasteiger charge is 2.01. The molecule has 0 amide bonds. The molecule has 0 unspecified atom stereocenters. The Morgan fingerprint density at radius 3 is 2.00 bits per heavy atom. The molecule has 0 N–H and O–H groups in total. The zero-order chi connectivity index (χ0) is 6.62. The van der Waals surface area contributed by atoms with Gasteiger partial charge in [-0.15, -0.1) is 5.92 Å². The van der Waals surface area contributed by atoms with Crippen LogP contribution in [0.5, 0.6) is 0 Å². The Labute approximate surface area is 52.5 Å². The smallest absolute Gasteiger partial charge is 0.192 e. The van der Waals surface area contributed by atoms with Crippen molar-refractivity contribution in [2.45, 2.75) is 5.11 Å². The summed E-state index contributed by atoms with van der Waals surface area (Å²) in [5, 5.41) is -1.54. The van der Waals surface area contributed by atoms with Crippen molar-refractivity contribution in [1.82, 2.24) is 0 Å². The molecule has 0 aromatic carbocycles. The molecule has 0 rings (SSSR count). The maximum Gasteiger partial charge on any atom is 0.192 e. The highest BCUT2D eigenvalue weighted by molar-refractivity contribution is 6.61. The van der Waals surface area contributed by atoms with Gasteiger partial charge in [-0.2, -0.15) is 0 Å². The normalized spacial score (nSPS) is 9.00. The fourth-order valence-corrected chi connectivity index (χ4v) is 0.154. The van der Waals surface area contributed by atoms with Gasteiger partial charge < -0.3 is 0 Å². The average molecular weight is 97.5 g/mol. The van der Waals surface area contributed by atoms with Crippen molar-refractivity contribution in [3.8, 4) is 11.8 Å². The number of rotatable bonds is 0. The van der Waals surface area contributed by atoms with Crippen LogP contribution in [0, 0.1) is 11.8 Å². The average Bonchev–Trinajstić information content (AvgIpc) is 1.59. The van der Waals surface area contributed by atoms with Gasteiger partial charge in [-0.3, -0.25) is 4.79 Å². The Kier molecular flexibility index (Phi) is 2.47. The summed E-state index contributed by atoms with van der Waals surface area (Å²) >= 11 is 0. The second-order valence-electron chi connectivity index (χ2n) is 1.32. The number of hydrogen-bond donors (Lipinski definition) is 0. The van der Waals surface area contributed by atoms with Gasteiger partial charge in [-0.1, -0.05) is 5.11 Å². The van der Waals surface area contributed by atoms with Gasteiger partial charge in [-0.05, 0) is 5.92 Å². The zero-order valence-corrected chi connectivity index (χ0v) is 4.22. The lowest BCUT2D eigenvalue weighted by Gasteiger charge is -2.06. The largest absolute Gasteiger partial charge is 0.289 e. The molecule has 0 aliphatic rings. The van der Waals surface area contributed by atoms with Gasteiger partial charge in [0, 0.05) is 0 Å². The summed E-state index contributed by atoms with van der Waals surface area (Å²) in [7, 11) is 14.8. The maximum atomic E-state index is 9.51. The summed E-state index contributed by atoms with van der Waals surface area (Å²) < 4.78 is 0. The molecule has 6 radical (unpaired) electrons. The van der Waals surface area contributed by atoms with Gasteiger partial charge >= 0.3 is 0 Å². The molecule has 0 bridgehead atoms. The summed E-state index contributed by atoms with van der Waals surface area (Å²) in [5.74, 6) is 4.07. The molecule has 0 aliphatic heterocycles. The molecule has 0 saturated heterocycles. The predicted octanol–water partition coefficient (Wildman–Crippen LogP) is -1.23. The van der Waals surface area contributed by atoms with E-state index in [1.807, 2.05) is 5.92 Å². The first-order chi connectivity index (χ1) is 3.56. The Bertz CT molecular complexity index is 136. The van der Waals surface area contributed by atoms with E-state index in [0.717, 1.165) is 0 Å². The standard InChI is InChI=1S/C4HB3O/c5-4(6,7)2-1-3-8/h3H. The lowest BCUT2D eigenvalue weighted by Crippen LogP contribution is -2.08. The highest BCUT2D eigenvalue weighted by Crippen LogP contribution is 2.02. The Hall–Kier alpha value is -0.575. The molecule has 1 nitrogen and oxygen atoms in total. The lowest BCUT2D eigenvalue weighted by atomic mass is 9.43. The van der Waals surface area contributed by atoms with Crippen LogP contribution in [0.25, 0.3) is 0 Å². The van der Waals surface area contributed by atoms with E-state index in [1.165, 1.54) is 0 Å². The molecule has 32 valence electrons. The maximum absolute atomic E-state index is 9.51. The van der Waals surface area contributed by atoms with Crippen LogP contribution >= 0.6 is 0 Å². The quantitative estimate of drug-likeness (QED) is 0.210. The third-order valence-corrected chi connectivity index (χ3v) is 0.348. The number of hydrogen-bond acceptors (Lipinski definition) is 1. The minimum absolute atomic E-state index is 0.376. The van der Waals surface area contributed by atoms with Gasteiger partial charge in [0.05, 0.1) is 23.5 Å². The molecule has 0 aliphatic carbocycles. The van der Waals surface area contributed by atoms with Gasteiger partial charge in [0.2, 0.25) is 0 Å². The monoisotopic (exact) mass is 98.0 g/mol. The molecule has 0 aromatic rings. The SMILES string of the molecule is [B]C([B])([B])C#CC=O. The molecule has 4 heteroatoms. The number of carbonyl (C=O) groups is 1. The molecular formula is C4HB3O. The fourth-order valence-electron chi connectivity index (χ4n) is 0.154. The molecule has 0 fully saturated rings. The van der Waals surface area contributed by atoms with Gasteiger partial charge in [-0.25, -0.2) is 0 Å². The van der Waals surface area contributed by atoms with Crippen LogP contribution in [0.2, 0.25) is 5.11 Å². The Morgan fingerprint density at radius 2 is 1.88 bits per heavy atom. The third kappa shape index (κ3) is 5.42. The van der Waals surface area contributed by atoms with Crippen LogP contribution in [0.15, 0.2) is 0 Å². The Morgan fingerprint density at radius 1 is 1.38 bits per heavy atom. The molecule has 0 heterocycles. The van der Waals surface area contributed by atoms with Crippen molar-refractivity contribution >= 4 is 29.8 Å². The lowest BCUT2D eigenvalue weighted by molar-refractivity contribution is -0.103. The van der Waals surface area contributed by atoms with E-state index >= 15 is 0 Å². The second-order valence-corrected chi connectivity index (χ2v) is 1.32. The van der Waals surface area contributed by atoms with E-state index in [2.05, 4.69) is 5.92 Å². The summed E-state index contributed by atoms with van der Waals surface area (Å²) in [5.41, 5.74) is 0. The van der Waals surface area contributed by atoms with Crippen molar-refractivity contribution < 1.29 is 4.79 Å². The van der Waals surface area contributed by atoms with Crippen LogP contribution in [-0.2, 0) is 4.79 Å². The van der Waals surface area contributed by atoms with Crippen LogP contribution in [0.3, 0.4) is 0 Å². The molecule has 0 aromatic heterocycles. The molecule has 0 saturated carbocycles. The van der Waals surface area contributed by atoms with E-state index in [-0.39, 0.29) is 0 Å². The summed E-state index contributed by atoms with van der Waals surface area (Å²) in [6.45, 7) is 0. The van der Waals surface area contributed by atoms with E-state index < -0.39 is 5.11 Å². The van der Waals surface area contributed by atoms with Crippen LogP contribution in [0.1, 0.15) is 0 Å². The van der Waals surface area contributed by atoms with Crippen molar-refractivity contribution in [2.24, 2.45) is 0 Å². The predicted molar refractivity (Wildman–Crippen MR) is 33.8 cm³/mol. The van der Waals surface area contributed by atoms with Crippen molar-refractivity contribution in [3.63, 3.8) is 0 Å². The third-order valence-electron chi connectivity index (χ3n) is 0.348. The first-order valence-electron chi connectivity index (χ1n) is 1.89. The summed E-state index contributed by atoms with van der Waals surface area (Å²) in [4.78, 5) is 9.51. The van der Waals surface area contributed by atoms with Crippen molar-refractivity contribution in [3.05, 3.63) is 0 Å². The van der Waals surface area contributed by atoms with E-state index in [0.29, 0.717) is 6.29 Å². The molecule has 8 heavy (non-hydrogen) atoms. The van der Waals surface area contributed by atoms with E-state index in [1.54, 1.807) is 0 Å². The number of carbonyl (C=O) groups excluding carboxylic acids is 1. The molecule has 0 spiro atoms.